The first-order valence-corrected chi connectivity index (χ1v) is 5.35. The van der Waals surface area contributed by atoms with Crippen LogP contribution in [0.15, 0.2) is 18.2 Å². The third-order valence-corrected chi connectivity index (χ3v) is 2.36. The summed E-state index contributed by atoms with van der Waals surface area (Å²) in [4.78, 5) is 0. The van der Waals surface area contributed by atoms with E-state index in [4.69, 9.17) is 4.74 Å². The molecule has 0 aliphatic carbocycles. The maximum atomic E-state index is 13.1. The summed E-state index contributed by atoms with van der Waals surface area (Å²) in [5.41, 5.74) is 0.494. The minimum atomic E-state index is -0.703. The molecule has 1 unspecified atom stereocenters. The molecule has 1 aromatic rings. The molecule has 0 amide bonds. The standard InChI is InChI=1S/C13H19FO2/c1-13(2,3)8-11(15)10-7-9(14)5-6-12(10)16-4/h5-7,11,15H,8H2,1-4H3. The van der Waals surface area contributed by atoms with Gasteiger partial charge in [0.05, 0.1) is 13.2 Å². The minimum Gasteiger partial charge on any atom is -0.496 e. The average Bonchev–Trinajstić information content (AvgIpc) is 2.15. The van der Waals surface area contributed by atoms with Crippen LogP contribution in [0.1, 0.15) is 38.9 Å². The first-order chi connectivity index (χ1) is 7.33. The Kier molecular flexibility index (Phi) is 3.92. The van der Waals surface area contributed by atoms with Crippen molar-refractivity contribution >= 4 is 0 Å². The third-order valence-electron chi connectivity index (χ3n) is 2.36. The lowest BCUT2D eigenvalue weighted by molar-refractivity contribution is 0.119. The number of halogens is 1. The number of methoxy groups -OCH3 is 1. The quantitative estimate of drug-likeness (QED) is 0.856. The van der Waals surface area contributed by atoms with E-state index in [1.54, 1.807) is 0 Å². The largest absolute Gasteiger partial charge is 0.496 e. The molecular formula is C13H19FO2. The molecule has 0 spiro atoms. The number of aliphatic hydroxyl groups is 1. The summed E-state index contributed by atoms with van der Waals surface area (Å²) in [6.45, 7) is 6.09. The summed E-state index contributed by atoms with van der Waals surface area (Å²) in [5.74, 6) is 0.168. The Morgan fingerprint density at radius 3 is 2.50 bits per heavy atom. The van der Waals surface area contributed by atoms with E-state index < -0.39 is 6.10 Å². The summed E-state index contributed by atoms with van der Waals surface area (Å²) in [5, 5.41) is 10.0. The summed E-state index contributed by atoms with van der Waals surface area (Å²) >= 11 is 0. The lowest BCUT2D eigenvalue weighted by atomic mass is 9.86. The van der Waals surface area contributed by atoms with Crippen LogP contribution in [0.3, 0.4) is 0 Å². The van der Waals surface area contributed by atoms with Crippen molar-refractivity contribution in [2.24, 2.45) is 5.41 Å². The number of benzene rings is 1. The van der Waals surface area contributed by atoms with Crippen molar-refractivity contribution < 1.29 is 14.2 Å². The molecule has 1 atom stereocenters. The molecule has 0 aliphatic rings. The van der Waals surface area contributed by atoms with Crippen molar-refractivity contribution in [3.63, 3.8) is 0 Å². The van der Waals surface area contributed by atoms with Crippen molar-refractivity contribution in [2.75, 3.05) is 7.11 Å². The topological polar surface area (TPSA) is 29.5 Å². The Labute approximate surface area is 96.1 Å². The molecule has 0 saturated heterocycles. The van der Waals surface area contributed by atoms with Crippen molar-refractivity contribution in [2.45, 2.75) is 33.3 Å². The van der Waals surface area contributed by atoms with E-state index in [0.717, 1.165) is 0 Å². The van der Waals surface area contributed by atoms with Crippen LogP contribution in [0, 0.1) is 11.2 Å². The fraction of sp³-hybridized carbons (Fsp3) is 0.538. The summed E-state index contributed by atoms with van der Waals surface area (Å²) in [7, 11) is 1.51. The van der Waals surface area contributed by atoms with E-state index in [2.05, 4.69) is 0 Å². The Hall–Kier alpha value is -1.09. The lowest BCUT2D eigenvalue weighted by Gasteiger charge is -2.23. The molecule has 0 aliphatic heterocycles. The first kappa shape index (κ1) is 13.0. The van der Waals surface area contributed by atoms with E-state index in [9.17, 15) is 9.50 Å². The number of hydrogen-bond acceptors (Lipinski definition) is 2. The fourth-order valence-corrected chi connectivity index (χ4v) is 1.66. The fourth-order valence-electron chi connectivity index (χ4n) is 1.66. The second-order valence-electron chi connectivity index (χ2n) is 5.17. The molecule has 0 heterocycles. The van der Waals surface area contributed by atoms with E-state index in [1.165, 1.54) is 25.3 Å². The van der Waals surface area contributed by atoms with E-state index in [-0.39, 0.29) is 11.2 Å². The predicted molar refractivity (Wildman–Crippen MR) is 62.0 cm³/mol. The van der Waals surface area contributed by atoms with Crippen molar-refractivity contribution in [1.29, 1.82) is 0 Å². The highest BCUT2D eigenvalue weighted by Crippen LogP contribution is 2.34. The molecule has 16 heavy (non-hydrogen) atoms. The maximum Gasteiger partial charge on any atom is 0.124 e. The van der Waals surface area contributed by atoms with Crippen molar-refractivity contribution in [1.82, 2.24) is 0 Å². The van der Waals surface area contributed by atoms with Gasteiger partial charge in [-0.2, -0.15) is 0 Å². The van der Waals surface area contributed by atoms with Gasteiger partial charge in [-0.15, -0.1) is 0 Å². The second kappa shape index (κ2) is 4.83. The van der Waals surface area contributed by atoms with Gasteiger partial charge in [-0.05, 0) is 30.0 Å². The van der Waals surface area contributed by atoms with Gasteiger partial charge in [0.25, 0.3) is 0 Å². The number of aliphatic hydroxyl groups excluding tert-OH is 1. The van der Waals surface area contributed by atoms with Gasteiger partial charge in [0.1, 0.15) is 11.6 Å². The Bertz CT molecular complexity index is 355. The molecule has 0 aromatic heterocycles. The number of rotatable bonds is 3. The summed E-state index contributed by atoms with van der Waals surface area (Å²) in [6, 6.07) is 4.19. The van der Waals surface area contributed by atoms with Crippen LogP contribution in [-0.4, -0.2) is 12.2 Å². The molecule has 2 nitrogen and oxygen atoms in total. The molecule has 1 N–H and O–H groups in total. The van der Waals surface area contributed by atoms with Crippen LogP contribution in [0.2, 0.25) is 0 Å². The van der Waals surface area contributed by atoms with Crippen molar-refractivity contribution in [3.8, 4) is 5.75 Å². The summed E-state index contributed by atoms with van der Waals surface area (Å²) < 4.78 is 18.2. The van der Waals surface area contributed by atoms with Crippen LogP contribution in [0.5, 0.6) is 5.75 Å². The highest BCUT2D eigenvalue weighted by molar-refractivity contribution is 5.35. The van der Waals surface area contributed by atoms with Gasteiger partial charge in [-0.25, -0.2) is 4.39 Å². The highest BCUT2D eigenvalue weighted by Gasteiger charge is 2.21. The van der Waals surface area contributed by atoms with Gasteiger partial charge < -0.3 is 9.84 Å². The molecule has 0 radical (unpaired) electrons. The molecule has 3 heteroatoms. The van der Waals surface area contributed by atoms with E-state index in [1.807, 2.05) is 20.8 Å². The molecular weight excluding hydrogens is 207 g/mol. The van der Waals surface area contributed by atoms with E-state index in [0.29, 0.717) is 17.7 Å². The Morgan fingerprint density at radius 2 is 2.00 bits per heavy atom. The van der Waals surface area contributed by atoms with E-state index >= 15 is 0 Å². The number of ether oxygens (including phenoxy) is 1. The van der Waals surface area contributed by atoms with Crippen LogP contribution in [0.25, 0.3) is 0 Å². The molecule has 0 fully saturated rings. The molecule has 90 valence electrons. The normalized spacial score (nSPS) is 13.6. The smallest absolute Gasteiger partial charge is 0.124 e. The minimum absolute atomic E-state index is 0.0171. The van der Waals surface area contributed by atoms with Crippen molar-refractivity contribution in [3.05, 3.63) is 29.6 Å². The molecule has 1 aromatic carbocycles. The van der Waals surface area contributed by atoms with Crippen LogP contribution >= 0.6 is 0 Å². The van der Waals surface area contributed by atoms with Crippen LogP contribution < -0.4 is 4.74 Å². The predicted octanol–water partition coefficient (Wildman–Crippen LogP) is 3.30. The van der Waals surface area contributed by atoms with Gasteiger partial charge in [-0.1, -0.05) is 20.8 Å². The first-order valence-electron chi connectivity index (χ1n) is 5.35. The zero-order chi connectivity index (χ0) is 12.3. The average molecular weight is 226 g/mol. The zero-order valence-corrected chi connectivity index (χ0v) is 10.2. The SMILES string of the molecule is COc1ccc(F)cc1C(O)CC(C)(C)C. The maximum absolute atomic E-state index is 13.1. The molecule has 0 saturated carbocycles. The third kappa shape index (κ3) is 3.49. The second-order valence-corrected chi connectivity index (χ2v) is 5.17. The van der Waals surface area contributed by atoms with Gasteiger partial charge in [0.2, 0.25) is 0 Å². The van der Waals surface area contributed by atoms with Gasteiger partial charge in [-0.3, -0.25) is 0 Å². The van der Waals surface area contributed by atoms with Gasteiger partial charge in [0.15, 0.2) is 0 Å². The number of hydrogen-bond donors (Lipinski definition) is 1. The van der Waals surface area contributed by atoms with Crippen LogP contribution in [0.4, 0.5) is 4.39 Å². The monoisotopic (exact) mass is 226 g/mol. The molecule has 0 bridgehead atoms. The molecule has 1 rings (SSSR count). The Morgan fingerprint density at radius 1 is 1.38 bits per heavy atom. The summed E-state index contributed by atoms with van der Waals surface area (Å²) in [6.07, 6.45) is -0.141. The zero-order valence-electron chi connectivity index (χ0n) is 10.2. The highest BCUT2D eigenvalue weighted by atomic mass is 19.1. The lowest BCUT2D eigenvalue weighted by Crippen LogP contribution is -2.12. The van der Waals surface area contributed by atoms with Gasteiger partial charge in [0, 0.05) is 5.56 Å². The van der Waals surface area contributed by atoms with Crippen LogP contribution in [-0.2, 0) is 0 Å². The Balaban J connectivity index is 2.97. The van der Waals surface area contributed by atoms with Gasteiger partial charge >= 0.3 is 0 Å².